The molecular weight excluding hydrogens is 213 g/mol. The fourth-order valence-electron chi connectivity index (χ4n) is 3.13. The van der Waals surface area contributed by atoms with Gasteiger partial charge in [-0.15, -0.1) is 0 Å². The summed E-state index contributed by atoms with van der Waals surface area (Å²) >= 11 is 0. The smallest absolute Gasteiger partial charge is 0.171 e. The topological polar surface area (TPSA) is 0 Å². The molecule has 0 aromatic rings. The van der Waals surface area contributed by atoms with Crippen molar-refractivity contribution in [2.45, 2.75) is 65.5 Å². The molecular formula is C13H23F3. The normalized spacial score (nSPS) is 26.6. The molecule has 16 heavy (non-hydrogen) atoms. The van der Waals surface area contributed by atoms with Gasteiger partial charge in [-0.25, -0.2) is 0 Å². The van der Waals surface area contributed by atoms with Crippen LogP contribution in [0.25, 0.3) is 0 Å². The lowest BCUT2D eigenvalue weighted by Gasteiger charge is -2.48. The van der Waals surface area contributed by atoms with Crippen molar-refractivity contribution in [3.8, 4) is 0 Å². The van der Waals surface area contributed by atoms with E-state index in [2.05, 4.69) is 20.8 Å². The highest BCUT2D eigenvalue weighted by atomic mass is 19.4. The standard InChI is InChI=1S/C13H23F3/c1-4-6-12(3,7-5-2)10-8-11(9-10)13(14,15)16/h10-11H,4-9H2,1-3H3. The predicted molar refractivity (Wildman–Crippen MR) is 60.2 cm³/mol. The summed E-state index contributed by atoms with van der Waals surface area (Å²) in [4.78, 5) is 0. The van der Waals surface area contributed by atoms with Crippen molar-refractivity contribution >= 4 is 0 Å². The minimum atomic E-state index is -3.96. The first kappa shape index (κ1) is 13.9. The molecule has 1 saturated carbocycles. The molecule has 1 aliphatic rings. The largest absolute Gasteiger partial charge is 0.391 e. The van der Waals surface area contributed by atoms with Crippen molar-refractivity contribution in [1.82, 2.24) is 0 Å². The molecule has 0 nitrogen and oxygen atoms in total. The van der Waals surface area contributed by atoms with E-state index >= 15 is 0 Å². The van der Waals surface area contributed by atoms with E-state index in [4.69, 9.17) is 0 Å². The van der Waals surface area contributed by atoms with Crippen LogP contribution in [0, 0.1) is 17.3 Å². The molecule has 0 spiro atoms. The van der Waals surface area contributed by atoms with Crippen LogP contribution in [0.3, 0.4) is 0 Å². The van der Waals surface area contributed by atoms with E-state index in [1.165, 1.54) is 0 Å². The van der Waals surface area contributed by atoms with Crippen molar-refractivity contribution in [1.29, 1.82) is 0 Å². The molecule has 0 aliphatic heterocycles. The monoisotopic (exact) mass is 236 g/mol. The summed E-state index contributed by atoms with van der Waals surface area (Å²) in [5.41, 5.74) is 0.144. The fourth-order valence-corrected chi connectivity index (χ4v) is 3.13. The summed E-state index contributed by atoms with van der Waals surface area (Å²) < 4.78 is 37.3. The Kier molecular flexibility index (Phi) is 4.30. The minimum absolute atomic E-state index is 0.144. The third-order valence-electron chi connectivity index (χ3n) is 4.23. The Balaban J connectivity index is 2.52. The molecule has 0 aromatic heterocycles. The first-order chi connectivity index (χ1) is 7.33. The van der Waals surface area contributed by atoms with E-state index < -0.39 is 12.1 Å². The summed E-state index contributed by atoms with van der Waals surface area (Å²) in [6, 6.07) is 0. The fraction of sp³-hybridized carbons (Fsp3) is 1.00. The van der Waals surface area contributed by atoms with Gasteiger partial charge in [0.2, 0.25) is 0 Å². The molecule has 0 radical (unpaired) electrons. The highest BCUT2D eigenvalue weighted by Gasteiger charge is 2.52. The van der Waals surface area contributed by atoms with E-state index in [1.54, 1.807) is 0 Å². The third kappa shape index (κ3) is 2.92. The molecule has 0 N–H and O–H groups in total. The van der Waals surface area contributed by atoms with Gasteiger partial charge in [0.1, 0.15) is 0 Å². The first-order valence-electron chi connectivity index (χ1n) is 6.40. The van der Waals surface area contributed by atoms with Crippen LogP contribution in [0.1, 0.15) is 59.3 Å². The summed E-state index contributed by atoms with van der Waals surface area (Å²) in [6.45, 7) is 6.42. The number of rotatable bonds is 5. The van der Waals surface area contributed by atoms with Crippen LogP contribution >= 0.6 is 0 Å². The Bertz CT molecular complexity index is 208. The maximum atomic E-state index is 12.4. The zero-order valence-corrected chi connectivity index (χ0v) is 10.5. The zero-order valence-electron chi connectivity index (χ0n) is 10.5. The second-order valence-electron chi connectivity index (χ2n) is 5.56. The van der Waals surface area contributed by atoms with Crippen LogP contribution in [0.4, 0.5) is 13.2 Å². The van der Waals surface area contributed by atoms with Crippen LogP contribution in [0.2, 0.25) is 0 Å². The van der Waals surface area contributed by atoms with Gasteiger partial charge in [0, 0.05) is 0 Å². The molecule has 0 atom stereocenters. The Hall–Kier alpha value is -0.210. The lowest BCUT2D eigenvalue weighted by atomic mass is 9.58. The molecule has 0 saturated heterocycles. The van der Waals surface area contributed by atoms with Gasteiger partial charge in [-0.1, -0.05) is 33.6 Å². The average molecular weight is 236 g/mol. The number of hydrogen-bond acceptors (Lipinski definition) is 0. The summed E-state index contributed by atoms with van der Waals surface area (Å²) in [5.74, 6) is -0.732. The molecule has 0 aromatic carbocycles. The van der Waals surface area contributed by atoms with Gasteiger partial charge in [0.15, 0.2) is 0 Å². The number of halogens is 3. The second-order valence-corrected chi connectivity index (χ2v) is 5.56. The Morgan fingerprint density at radius 3 is 1.69 bits per heavy atom. The SMILES string of the molecule is CCCC(C)(CCC)C1CC(C(F)(F)F)C1. The van der Waals surface area contributed by atoms with Gasteiger partial charge in [-0.2, -0.15) is 13.2 Å². The summed E-state index contributed by atoms with van der Waals surface area (Å²) in [6.07, 6.45) is 1.04. The van der Waals surface area contributed by atoms with Gasteiger partial charge in [0.05, 0.1) is 5.92 Å². The molecule has 0 heterocycles. The highest BCUT2D eigenvalue weighted by Crippen LogP contribution is 2.54. The van der Waals surface area contributed by atoms with Gasteiger partial charge in [0.25, 0.3) is 0 Å². The molecule has 1 fully saturated rings. The van der Waals surface area contributed by atoms with E-state index in [9.17, 15) is 13.2 Å². The average Bonchev–Trinajstić information content (AvgIpc) is 1.97. The first-order valence-corrected chi connectivity index (χ1v) is 6.40. The van der Waals surface area contributed by atoms with E-state index in [0.29, 0.717) is 18.8 Å². The lowest BCUT2D eigenvalue weighted by molar-refractivity contribution is -0.215. The quantitative estimate of drug-likeness (QED) is 0.617. The Morgan fingerprint density at radius 2 is 1.38 bits per heavy atom. The van der Waals surface area contributed by atoms with Crippen molar-refractivity contribution in [3.63, 3.8) is 0 Å². The van der Waals surface area contributed by atoms with Crippen LogP contribution in [0.5, 0.6) is 0 Å². The van der Waals surface area contributed by atoms with Crippen LogP contribution in [0.15, 0.2) is 0 Å². The van der Waals surface area contributed by atoms with Gasteiger partial charge in [-0.3, -0.25) is 0 Å². The Morgan fingerprint density at radius 1 is 0.938 bits per heavy atom. The predicted octanol–water partition coefficient (Wildman–Crippen LogP) is 5.18. The van der Waals surface area contributed by atoms with E-state index in [-0.39, 0.29) is 5.41 Å². The molecule has 0 amide bonds. The van der Waals surface area contributed by atoms with Gasteiger partial charge >= 0.3 is 6.18 Å². The van der Waals surface area contributed by atoms with Crippen LogP contribution in [-0.4, -0.2) is 6.18 Å². The van der Waals surface area contributed by atoms with Crippen molar-refractivity contribution < 1.29 is 13.2 Å². The third-order valence-corrected chi connectivity index (χ3v) is 4.23. The van der Waals surface area contributed by atoms with Crippen molar-refractivity contribution in [2.75, 3.05) is 0 Å². The molecule has 0 bridgehead atoms. The highest BCUT2D eigenvalue weighted by molar-refractivity contribution is 4.93. The van der Waals surface area contributed by atoms with Crippen LogP contribution < -0.4 is 0 Å². The minimum Gasteiger partial charge on any atom is -0.171 e. The maximum Gasteiger partial charge on any atom is 0.391 e. The molecule has 3 heteroatoms. The second kappa shape index (κ2) is 4.97. The van der Waals surface area contributed by atoms with Crippen molar-refractivity contribution in [3.05, 3.63) is 0 Å². The molecule has 96 valence electrons. The van der Waals surface area contributed by atoms with Gasteiger partial charge < -0.3 is 0 Å². The van der Waals surface area contributed by atoms with Gasteiger partial charge in [-0.05, 0) is 37.0 Å². The van der Waals surface area contributed by atoms with Crippen molar-refractivity contribution in [2.24, 2.45) is 17.3 Å². The van der Waals surface area contributed by atoms with E-state index in [0.717, 1.165) is 25.7 Å². The number of alkyl halides is 3. The zero-order chi connectivity index (χ0) is 12.4. The molecule has 1 rings (SSSR count). The lowest BCUT2D eigenvalue weighted by Crippen LogP contribution is -2.43. The summed E-state index contributed by atoms with van der Waals surface area (Å²) in [5, 5.41) is 0. The Labute approximate surface area is 96.6 Å². The molecule has 0 unspecified atom stereocenters. The van der Waals surface area contributed by atoms with E-state index in [1.807, 2.05) is 0 Å². The van der Waals surface area contributed by atoms with Crippen LogP contribution in [-0.2, 0) is 0 Å². The number of hydrogen-bond donors (Lipinski definition) is 0. The maximum absolute atomic E-state index is 12.4. The molecule has 1 aliphatic carbocycles. The summed E-state index contributed by atoms with van der Waals surface area (Å²) in [7, 11) is 0.